The molecule has 0 aliphatic carbocycles. The van der Waals surface area contributed by atoms with Crippen LogP contribution in [0.1, 0.15) is 37.3 Å². The zero-order valence-electron chi connectivity index (χ0n) is 7.92. The normalized spacial score (nSPS) is 13.2. The Morgan fingerprint density at radius 2 is 2.42 bits per heavy atom. The molecular weight excluding hydrogens is 152 g/mol. The first-order valence-corrected chi connectivity index (χ1v) is 4.32. The third kappa shape index (κ3) is 1.85. The second kappa shape index (κ2) is 4.26. The Hall–Kier alpha value is -0.830. The third-order valence-corrected chi connectivity index (χ3v) is 2.01. The van der Waals surface area contributed by atoms with E-state index in [0.29, 0.717) is 0 Å². The summed E-state index contributed by atoms with van der Waals surface area (Å²) in [5.74, 6) is 0. The van der Waals surface area contributed by atoms with E-state index in [2.05, 4.69) is 16.9 Å². The van der Waals surface area contributed by atoms with E-state index in [1.807, 2.05) is 6.92 Å². The predicted octanol–water partition coefficient (Wildman–Crippen LogP) is 2.21. The van der Waals surface area contributed by atoms with Crippen LogP contribution in [-0.4, -0.2) is 17.1 Å². The smallest absolute Gasteiger partial charge is 0.101 e. The van der Waals surface area contributed by atoms with Crippen molar-refractivity contribution in [3.63, 3.8) is 0 Å². The second-order valence-electron chi connectivity index (χ2n) is 2.93. The molecular formula is C9H16N2O. The van der Waals surface area contributed by atoms with Crippen LogP contribution in [0.25, 0.3) is 0 Å². The molecule has 0 bridgehead atoms. The van der Waals surface area contributed by atoms with Gasteiger partial charge in [0.15, 0.2) is 0 Å². The average molecular weight is 168 g/mol. The molecule has 0 saturated heterocycles. The van der Waals surface area contributed by atoms with Crippen molar-refractivity contribution in [2.24, 2.45) is 0 Å². The molecule has 0 spiro atoms. The molecule has 1 heterocycles. The maximum Gasteiger partial charge on any atom is 0.101 e. The van der Waals surface area contributed by atoms with E-state index in [9.17, 15) is 0 Å². The molecule has 0 amide bonds. The average Bonchev–Trinajstić information content (AvgIpc) is 2.47. The van der Waals surface area contributed by atoms with Gasteiger partial charge in [-0.15, -0.1) is 0 Å². The third-order valence-electron chi connectivity index (χ3n) is 2.01. The van der Waals surface area contributed by atoms with E-state index in [4.69, 9.17) is 4.74 Å². The fourth-order valence-electron chi connectivity index (χ4n) is 1.32. The minimum Gasteiger partial charge on any atom is -0.375 e. The maximum atomic E-state index is 5.33. The number of nitrogens with zero attached hydrogens (tertiary/aromatic N) is 1. The van der Waals surface area contributed by atoms with Gasteiger partial charge in [0, 0.05) is 12.8 Å². The summed E-state index contributed by atoms with van der Waals surface area (Å²) in [4.78, 5) is 7.28. The Balaban J connectivity index is 2.72. The van der Waals surface area contributed by atoms with E-state index in [1.54, 1.807) is 13.4 Å². The molecule has 1 rings (SSSR count). The number of rotatable bonds is 4. The molecule has 1 aromatic rings. The lowest BCUT2D eigenvalue weighted by Crippen LogP contribution is -2.03. The Bertz CT molecular complexity index is 232. The fraction of sp³-hybridized carbons (Fsp3) is 0.667. The minimum atomic E-state index is 0.154. The standard InChI is InChI=1S/C9H16N2O/c1-4-5-8(12-3)9-7(2)10-6-11-9/h6,8H,4-5H2,1-3H3,(H,10,11). The lowest BCUT2D eigenvalue weighted by atomic mass is 10.1. The van der Waals surface area contributed by atoms with Crippen LogP contribution in [0, 0.1) is 6.92 Å². The Kier molecular flexibility index (Phi) is 3.29. The van der Waals surface area contributed by atoms with Crippen molar-refractivity contribution in [3.05, 3.63) is 17.7 Å². The molecule has 1 aromatic heterocycles. The quantitative estimate of drug-likeness (QED) is 0.748. The monoisotopic (exact) mass is 168 g/mol. The number of hydrogen-bond donors (Lipinski definition) is 1. The van der Waals surface area contributed by atoms with Gasteiger partial charge in [0.05, 0.1) is 12.0 Å². The number of aromatic amines is 1. The Morgan fingerprint density at radius 3 is 2.83 bits per heavy atom. The van der Waals surface area contributed by atoms with Gasteiger partial charge in [-0.05, 0) is 13.3 Å². The molecule has 68 valence electrons. The lowest BCUT2D eigenvalue weighted by molar-refractivity contribution is 0.0913. The summed E-state index contributed by atoms with van der Waals surface area (Å²) in [5.41, 5.74) is 2.15. The van der Waals surface area contributed by atoms with Crippen LogP contribution in [0.4, 0.5) is 0 Å². The summed E-state index contributed by atoms with van der Waals surface area (Å²) in [5, 5.41) is 0. The molecule has 0 radical (unpaired) electrons. The highest BCUT2D eigenvalue weighted by Crippen LogP contribution is 2.21. The topological polar surface area (TPSA) is 37.9 Å². The van der Waals surface area contributed by atoms with Gasteiger partial charge >= 0.3 is 0 Å². The van der Waals surface area contributed by atoms with Crippen molar-refractivity contribution < 1.29 is 4.74 Å². The summed E-state index contributed by atoms with van der Waals surface area (Å²) in [6, 6.07) is 0. The highest BCUT2D eigenvalue weighted by Gasteiger charge is 2.13. The number of H-pyrrole nitrogens is 1. The molecule has 0 fully saturated rings. The zero-order valence-corrected chi connectivity index (χ0v) is 7.92. The van der Waals surface area contributed by atoms with Crippen LogP contribution in [0.2, 0.25) is 0 Å². The molecule has 12 heavy (non-hydrogen) atoms. The van der Waals surface area contributed by atoms with Crippen LogP contribution in [0.3, 0.4) is 0 Å². The van der Waals surface area contributed by atoms with Gasteiger partial charge in [0.1, 0.15) is 6.10 Å². The van der Waals surface area contributed by atoms with Gasteiger partial charge in [0.2, 0.25) is 0 Å². The van der Waals surface area contributed by atoms with E-state index in [1.165, 1.54) is 0 Å². The molecule has 3 nitrogen and oxygen atoms in total. The number of ether oxygens (including phenoxy) is 1. The van der Waals surface area contributed by atoms with E-state index in [-0.39, 0.29) is 6.10 Å². The first-order chi connectivity index (χ1) is 5.79. The van der Waals surface area contributed by atoms with Gasteiger partial charge in [0.25, 0.3) is 0 Å². The van der Waals surface area contributed by atoms with Gasteiger partial charge in [-0.2, -0.15) is 0 Å². The molecule has 0 aliphatic heterocycles. The van der Waals surface area contributed by atoms with Gasteiger partial charge in [-0.25, -0.2) is 4.98 Å². The van der Waals surface area contributed by atoms with Crippen molar-refractivity contribution in [2.45, 2.75) is 32.8 Å². The summed E-state index contributed by atoms with van der Waals surface area (Å²) in [6.07, 6.45) is 4.01. The number of aromatic nitrogens is 2. The van der Waals surface area contributed by atoms with Gasteiger partial charge in [-0.1, -0.05) is 13.3 Å². The minimum absolute atomic E-state index is 0.154. The molecule has 0 saturated carbocycles. The summed E-state index contributed by atoms with van der Waals surface area (Å²) >= 11 is 0. The SMILES string of the molecule is CCCC(OC)c1nc[nH]c1C. The van der Waals surface area contributed by atoms with E-state index >= 15 is 0 Å². The molecule has 1 N–H and O–H groups in total. The predicted molar refractivity (Wildman–Crippen MR) is 48.0 cm³/mol. The molecule has 3 heteroatoms. The first kappa shape index (κ1) is 9.26. The first-order valence-electron chi connectivity index (χ1n) is 4.32. The van der Waals surface area contributed by atoms with Crippen molar-refractivity contribution in [1.82, 2.24) is 9.97 Å². The number of nitrogens with one attached hydrogen (secondary N) is 1. The number of imidazole rings is 1. The number of methoxy groups -OCH3 is 1. The van der Waals surface area contributed by atoms with Crippen LogP contribution < -0.4 is 0 Å². The summed E-state index contributed by atoms with van der Waals surface area (Å²) in [6.45, 7) is 4.16. The van der Waals surface area contributed by atoms with Gasteiger partial charge < -0.3 is 9.72 Å². The largest absolute Gasteiger partial charge is 0.375 e. The molecule has 0 aliphatic rings. The van der Waals surface area contributed by atoms with Gasteiger partial charge in [-0.3, -0.25) is 0 Å². The number of hydrogen-bond acceptors (Lipinski definition) is 2. The van der Waals surface area contributed by atoms with Crippen LogP contribution in [0.15, 0.2) is 6.33 Å². The van der Waals surface area contributed by atoms with Crippen molar-refractivity contribution in [3.8, 4) is 0 Å². The van der Waals surface area contributed by atoms with Crippen molar-refractivity contribution >= 4 is 0 Å². The Labute approximate surface area is 73.2 Å². The van der Waals surface area contributed by atoms with E-state index in [0.717, 1.165) is 24.2 Å². The van der Waals surface area contributed by atoms with Crippen LogP contribution >= 0.6 is 0 Å². The Morgan fingerprint density at radius 1 is 1.67 bits per heavy atom. The molecule has 1 atom stereocenters. The summed E-state index contributed by atoms with van der Waals surface area (Å²) in [7, 11) is 1.73. The second-order valence-corrected chi connectivity index (χ2v) is 2.93. The zero-order chi connectivity index (χ0) is 8.97. The maximum absolute atomic E-state index is 5.33. The van der Waals surface area contributed by atoms with E-state index < -0.39 is 0 Å². The lowest BCUT2D eigenvalue weighted by Gasteiger charge is -2.12. The molecule has 0 aromatic carbocycles. The highest BCUT2D eigenvalue weighted by molar-refractivity contribution is 5.11. The van der Waals surface area contributed by atoms with Crippen LogP contribution in [0.5, 0.6) is 0 Å². The van der Waals surface area contributed by atoms with Crippen LogP contribution in [-0.2, 0) is 4.74 Å². The van der Waals surface area contributed by atoms with Crippen molar-refractivity contribution in [1.29, 1.82) is 0 Å². The van der Waals surface area contributed by atoms with Crippen molar-refractivity contribution in [2.75, 3.05) is 7.11 Å². The fourth-order valence-corrected chi connectivity index (χ4v) is 1.32. The number of aryl methyl sites for hydroxylation is 1. The molecule has 1 unspecified atom stereocenters. The highest BCUT2D eigenvalue weighted by atomic mass is 16.5. The summed E-state index contributed by atoms with van der Waals surface area (Å²) < 4.78 is 5.33.